The molecule has 6 nitrogen and oxygen atoms in total. The minimum Gasteiger partial charge on any atom is -0.492 e. The Balaban J connectivity index is 1.59. The highest BCUT2D eigenvalue weighted by molar-refractivity contribution is 5.74. The van der Waals surface area contributed by atoms with E-state index >= 15 is 0 Å². The van der Waals surface area contributed by atoms with Crippen molar-refractivity contribution in [1.82, 2.24) is 14.5 Å². The van der Waals surface area contributed by atoms with Gasteiger partial charge in [-0.25, -0.2) is 4.98 Å². The van der Waals surface area contributed by atoms with Crippen LogP contribution in [0, 0.1) is 5.41 Å². The summed E-state index contributed by atoms with van der Waals surface area (Å²) in [6.07, 6.45) is -3.12. The van der Waals surface area contributed by atoms with Crippen molar-refractivity contribution >= 4 is 5.97 Å². The predicted octanol–water partition coefficient (Wildman–Crippen LogP) is 6.32. The van der Waals surface area contributed by atoms with Crippen molar-refractivity contribution in [1.29, 1.82) is 0 Å². The number of hydrogen-bond donors (Lipinski definition) is 1. The zero-order valence-electron chi connectivity index (χ0n) is 19.9. The quantitative estimate of drug-likeness (QED) is 0.324. The van der Waals surface area contributed by atoms with Gasteiger partial charge in [-0.2, -0.15) is 13.2 Å². The molecule has 0 amide bonds. The van der Waals surface area contributed by atoms with Crippen LogP contribution < -0.4 is 4.74 Å². The van der Waals surface area contributed by atoms with Gasteiger partial charge in [0.1, 0.15) is 18.2 Å². The number of ether oxygens (including phenoxy) is 1. The monoisotopic (exact) mass is 495 g/mol. The van der Waals surface area contributed by atoms with Gasteiger partial charge in [0.05, 0.1) is 16.8 Å². The van der Waals surface area contributed by atoms with Gasteiger partial charge < -0.3 is 14.4 Å². The first-order valence-electron chi connectivity index (χ1n) is 11.1. The van der Waals surface area contributed by atoms with E-state index in [1.54, 1.807) is 87.6 Å². The maximum atomic E-state index is 13.8. The summed E-state index contributed by atoms with van der Waals surface area (Å²) in [5.41, 5.74) is 0.278. The lowest BCUT2D eigenvalue weighted by molar-refractivity contribution is -0.148. The first-order chi connectivity index (χ1) is 17.0. The van der Waals surface area contributed by atoms with Gasteiger partial charge in [-0.1, -0.05) is 30.3 Å². The molecular weight excluding hydrogens is 471 g/mol. The van der Waals surface area contributed by atoms with Gasteiger partial charge in [0.2, 0.25) is 0 Å². The number of benzene rings is 2. The summed E-state index contributed by atoms with van der Waals surface area (Å²) in [7, 11) is 1.55. The number of nitrogens with zero attached hydrogens (tertiary/aromatic N) is 3. The largest absolute Gasteiger partial charge is 0.492 e. The zero-order valence-corrected chi connectivity index (χ0v) is 19.9. The number of pyridine rings is 1. The van der Waals surface area contributed by atoms with Crippen LogP contribution in [0.2, 0.25) is 0 Å². The molecule has 4 aromatic rings. The van der Waals surface area contributed by atoms with Gasteiger partial charge in [-0.3, -0.25) is 9.78 Å². The molecule has 0 bridgehead atoms. The van der Waals surface area contributed by atoms with Crippen molar-refractivity contribution in [2.45, 2.75) is 20.0 Å². The van der Waals surface area contributed by atoms with Crippen molar-refractivity contribution in [3.8, 4) is 39.7 Å². The Morgan fingerprint density at radius 3 is 2.14 bits per heavy atom. The van der Waals surface area contributed by atoms with E-state index in [1.165, 1.54) is 10.8 Å². The molecule has 2 aromatic carbocycles. The second kappa shape index (κ2) is 9.49. The van der Waals surface area contributed by atoms with Crippen molar-refractivity contribution in [3.05, 3.63) is 78.6 Å². The average Bonchev–Trinajstić information content (AvgIpc) is 3.21. The van der Waals surface area contributed by atoms with Crippen LogP contribution in [0.15, 0.2) is 72.9 Å². The normalized spacial score (nSPS) is 11.9. The number of carbonyl (C=O) groups is 1. The van der Waals surface area contributed by atoms with Crippen LogP contribution in [0.25, 0.3) is 33.9 Å². The van der Waals surface area contributed by atoms with Gasteiger partial charge in [-0.15, -0.1) is 0 Å². The molecule has 1 N–H and O–H groups in total. The van der Waals surface area contributed by atoms with E-state index in [0.29, 0.717) is 22.6 Å². The molecule has 0 saturated heterocycles. The van der Waals surface area contributed by atoms with Gasteiger partial charge in [0.25, 0.3) is 0 Å². The standard InChI is InChI=1S/C27H24F3N3O3/c1-26(2,25(34)35)16-36-20-12-9-17(10-13-20)21-14-11-19(15-31-21)24-32-23(27(28,29)30)22(33(24)3)18-7-5-4-6-8-18/h4-15H,16H2,1-3H3,(H,34,35). The lowest BCUT2D eigenvalue weighted by atomic mass is 9.95. The molecule has 0 unspecified atom stereocenters. The van der Waals surface area contributed by atoms with Gasteiger partial charge in [0, 0.05) is 29.9 Å². The highest BCUT2D eigenvalue weighted by Crippen LogP contribution is 2.39. The summed E-state index contributed by atoms with van der Waals surface area (Å²) in [5, 5.41) is 9.20. The van der Waals surface area contributed by atoms with Crippen molar-refractivity contribution in [2.24, 2.45) is 12.5 Å². The highest BCUT2D eigenvalue weighted by Gasteiger charge is 2.39. The van der Waals surface area contributed by atoms with Gasteiger partial charge in [0.15, 0.2) is 5.69 Å². The Hall–Kier alpha value is -4.14. The number of aromatic nitrogens is 3. The number of hydrogen-bond acceptors (Lipinski definition) is 4. The molecule has 0 aliphatic carbocycles. The molecule has 0 fully saturated rings. The van der Waals surface area contributed by atoms with E-state index in [2.05, 4.69) is 9.97 Å². The fourth-order valence-corrected chi connectivity index (χ4v) is 3.63. The minimum absolute atomic E-state index is 0.0103. The summed E-state index contributed by atoms with van der Waals surface area (Å²) in [5.74, 6) is -0.273. The van der Waals surface area contributed by atoms with E-state index in [1.807, 2.05) is 0 Å². The lowest BCUT2D eigenvalue weighted by Crippen LogP contribution is -2.30. The molecule has 36 heavy (non-hydrogen) atoms. The Morgan fingerprint density at radius 1 is 0.944 bits per heavy atom. The van der Waals surface area contributed by atoms with Gasteiger partial charge in [-0.05, 0) is 50.2 Å². The number of alkyl halides is 3. The first-order valence-corrected chi connectivity index (χ1v) is 11.1. The molecule has 4 rings (SSSR count). The third kappa shape index (κ3) is 5.10. The van der Waals surface area contributed by atoms with E-state index < -0.39 is 23.3 Å². The van der Waals surface area contributed by atoms with E-state index in [-0.39, 0.29) is 18.1 Å². The molecule has 2 aromatic heterocycles. The number of rotatable bonds is 7. The van der Waals surface area contributed by atoms with Gasteiger partial charge >= 0.3 is 12.1 Å². The number of carboxylic acid groups (broad SMARTS) is 1. The molecular formula is C27H24F3N3O3. The van der Waals surface area contributed by atoms with Crippen molar-refractivity contribution in [3.63, 3.8) is 0 Å². The molecule has 0 radical (unpaired) electrons. The molecule has 9 heteroatoms. The smallest absolute Gasteiger partial charge is 0.435 e. The third-order valence-corrected chi connectivity index (χ3v) is 5.76. The minimum atomic E-state index is -4.61. The van der Waals surface area contributed by atoms with Crippen LogP contribution in [0.4, 0.5) is 13.2 Å². The Labute approximate surface area is 206 Å². The Morgan fingerprint density at radius 2 is 1.58 bits per heavy atom. The molecule has 2 heterocycles. The summed E-state index contributed by atoms with van der Waals surface area (Å²) in [6.45, 7) is 3.18. The van der Waals surface area contributed by atoms with Crippen LogP contribution in [-0.2, 0) is 18.0 Å². The molecule has 0 aliphatic rings. The fourth-order valence-electron chi connectivity index (χ4n) is 3.63. The number of halogens is 3. The maximum Gasteiger partial charge on any atom is 0.435 e. The van der Waals surface area contributed by atoms with E-state index in [9.17, 15) is 23.1 Å². The zero-order chi connectivity index (χ0) is 26.1. The Bertz CT molecular complexity index is 1360. The van der Waals surface area contributed by atoms with E-state index in [4.69, 9.17) is 4.74 Å². The molecule has 0 atom stereocenters. The van der Waals surface area contributed by atoms with Crippen LogP contribution in [0.3, 0.4) is 0 Å². The summed E-state index contributed by atoms with van der Waals surface area (Å²) in [4.78, 5) is 19.6. The SMILES string of the molecule is Cn1c(-c2ccc(-c3ccc(OCC(C)(C)C(=O)O)cc3)nc2)nc(C(F)(F)F)c1-c1ccccc1. The van der Waals surface area contributed by atoms with Crippen molar-refractivity contribution < 1.29 is 27.8 Å². The van der Waals surface area contributed by atoms with Crippen LogP contribution >= 0.6 is 0 Å². The molecule has 0 spiro atoms. The third-order valence-electron chi connectivity index (χ3n) is 5.76. The second-order valence-electron chi connectivity index (χ2n) is 8.99. The highest BCUT2D eigenvalue weighted by atomic mass is 19.4. The van der Waals surface area contributed by atoms with Crippen molar-refractivity contribution in [2.75, 3.05) is 6.61 Å². The fraction of sp³-hybridized carbons (Fsp3) is 0.222. The second-order valence-corrected chi connectivity index (χ2v) is 8.99. The lowest BCUT2D eigenvalue weighted by Gasteiger charge is -2.19. The Kier molecular flexibility index (Phi) is 6.58. The predicted molar refractivity (Wildman–Crippen MR) is 129 cm³/mol. The summed E-state index contributed by atoms with van der Waals surface area (Å²) < 4.78 is 48.4. The summed E-state index contributed by atoms with van der Waals surface area (Å²) >= 11 is 0. The first kappa shape index (κ1) is 25.0. The van der Waals surface area contributed by atoms with Crippen LogP contribution in [0.1, 0.15) is 19.5 Å². The average molecular weight is 496 g/mol. The maximum absolute atomic E-state index is 13.8. The number of carboxylic acids is 1. The molecule has 186 valence electrons. The summed E-state index contributed by atoms with van der Waals surface area (Å²) in [6, 6.07) is 18.7. The van der Waals surface area contributed by atoms with E-state index in [0.717, 1.165) is 5.56 Å². The van der Waals surface area contributed by atoms with Crippen LogP contribution in [-0.4, -0.2) is 32.2 Å². The number of aliphatic carboxylic acids is 1. The molecule has 0 saturated carbocycles. The topological polar surface area (TPSA) is 77.2 Å². The number of imidazole rings is 1. The molecule has 0 aliphatic heterocycles. The van der Waals surface area contributed by atoms with Crippen LogP contribution in [0.5, 0.6) is 5.75 Å².